The Morgan fingerprint density at radius 1 is 0.975 bits per heavy atom. The Labute approximate surface area is 231 Å². The summed E-state index contributed by atoms with van der Waals surface area (Å²) in [5.74, 6) is -0.896. The number of amides is 3. The van der Waals surface area contributed by atoms with E-state index in [9.17, 15) is 27.6 Å². The van der Waals surface area contributed by atoms with E-state index in [1.807, 2.05) is 12.1 Å². The van der Waals surface area contributed by atoms with Gasteiger partial charge in [0.05, 0.1) is 5.56 Å². The number of carbonyl (C=O) groups is 3. The Kier molecular flexibility index (Phi) is 6.81. The second kappa shape index (κ2) is 10.2. The lowest BCUT2D eigenvalue weighted by molar-refractivity contribution is -0.138. The lowest BCUT2D eigenvalue weighted by atomic mass is 9.65. The molecular formula is C31H32F3N3O3. The number of benzene rings is 2. The summed E-state index contributed by atoms with van der Waals surface area (Å²) < 4.78 is 39.0. The van der Waals surface area contributed by atoms with Crippen molar-refractivity contribution in [3.05, 3.63) is 76.4 Å². The standard InChI is InChI=1S/C31H32F3N3O3/c32-31(33,34)23-7-4-20(5-8-23)17-36-15-12-25(30(19-36)13-2-1-3-14-30)21-6-9-24-22(16-21)18-37(29(24)40)26-10-11-27(38)35-28(26)39/h4-9,12,16,26H,1-3,10-11,13-15,17-19H2,(H,35,38,39). The van der Waals surface area contributed by atoms with Crippen molar-refractivity contribution in [2.75, 3.05) is 13.1 Å². The average Bonchev–Trinajstić information content (AvgIpc) is 3.24. The maximum absolute atomic E-state index is 13.2. The van der Waals surface area contributed by atoms with Gasteiger partial charge in [-0.25, -0.2) is 0 Å². The van der Waals surface area contributed by atoms with Gasteiger partial charge < -0.3 is 4.90 Å². The Hall–Kier alpha value is -3.46. The van der Waals surface area contributed by atoms with Gasteiger partial charge in [0.1, 0.15) is 6.04 Å². The van der Waals surface area contributed by atoms with Crippen LogP contribution in [0.4, 0.5) is 13.2 Å². The summed E-state index contributed by atoms with van der Waals surface area (Å²) in [6.45, 7) is 2.45. The molecule has 1 spiro atoms. The number of imide groups is 1. The summed E-state index contributed by atoms with van der Waals surface area (Å²) in [7, 11) is 0. The molecule has 1 aliphatic carbocycles. The molecule has 0 bridgehead atoms. The van der Waals surface area contributed by atoms with Crippen molar-refractivity contribution in [3.63, 3.8) is 0 Å². The number of nitrogens with one attached hydrogen (secondary N) is 1. The fraction of sp³-hybridized carbons (Fsp3) is 0.452. The van der Waals surface area contributed by atoms with Crippen molar-refractivity contribution in [1.82, 2.24) is 15.1 Å². The summed E-state index contributed by atoms with van der Waals surface area (Å²) in [5.41, 5.74) is 4.05. The molecule has 6 rings (SSSR count). The van der Waals surface area contributed by atoms with Gasteiger partial charge in [-0.2, -0.15) is 13.2 Å². The van der Waals surface area contributed by atoms with Crippen LogP contribution in [0.2, 0.25) is 0 Å². The molecule has 1 unspecified atom stereocenters. The van der Waals surface area contributed by atoms with Crippen molar-refractivity contribution in [3.8, 4) is 0 Å². The van der Waals surface area contributed by atoms with E-state index in [2.05, 4.69) is 22.4 Å². The minimum Gasteiger partial charge on any atom is -0.322 e. The second-order valence-corrected chi connectivity index (χ2v) is 11.6. The molecule has 2 aromatic rings. The van der Waals surface area contributed by atoms with Crippen LogP contribution < -0.4 is 5.32 Å². The molecule has 1 saturated heterocycles. The van der Waals surface area contributed by atoms with Gasteiger partial charge in [-0.3, -0.25) is 24.6 Å². The van der Waals surface area contributed by atoms with E-state index in [1.165, 1.54) is 12.0 Å². The second-order valence-electron chi connectivity index (χ2n) is 11.6. The average molecular weight is 552 g/mol. The molecular weight excluding hydrogens is 519 g/mol. The van der Waals surface area contributed by atoms with E-state index in [1.54, 1.807) is 17.0 Å². The molecule has 0 aromatic heterocycles. The Morgan fingerprint density at radius 2 is 1.73 bits per heavy atom. The van der Waals surface area contributed by atoms with E-state index in [0.29, 0.717) is 31.6 Å². The smallest absolute Gasteiger partial charge is 0.322 e. The number of halogens is 3. The van der Waals surface area contributed by atoms with Crippen LogP contribution in [-0.4, -0.2) is 46.7 Å². The van der Waals surface area contributed by atoms with Crippen molar-refractivity contribution in [2.45, 2.75) is 70.3 Å². The molecule has 3 aliphatic heterocycles. The van der Waals surface area contributed by atoms with Crippen LogP contribution in [0.1, 0.15) is 77.6 Å². The van der Waals surface area contributed by atoms with E-state index < -0.39 is 23.7 Å². The van der Waals surface area contributed by atoms with Gasteiger partial charge in [0.2, 0.25) is 11.8 Å². The highest BCUT2D eigenvalue weighted by atomic mass is 19.4. The van der Waals surface area contributed by atoms with Gasteiger partial charge in [-0.15, -0.1) is 0 Å². The number of hydrogen-bond acceptors (Lipinski definition) is 4. The highest BCUT2D eigenvalue weighted by Gasteiger charge is 2.42. The Balaban J connectivity index is 1.24. The van der Waals surface area contributed by atoms with E-state index in [-0.39, 0.29) is 23.7 Å². The molecule has 6 nitrogen and oxygen atoms in total. The first kappa shape index (κ1) is 26.7. The summed E-state index contributed by atoms with van der Waals surface area (Å²) in [4.78, 5) is 41.1. The maximum Gasteiger partial charge on any atom is 0.416 e. The molecule has 9 heteroatoms. The first-order valence-corrected chi connectivity index (χ1v) is 14.0. The largest absolute Gasteiger partial charge is 0.416 e. The van der Waals surface area contributed by atoms with Gasteiger partial charge in [0.25, 0.3) is 5.91 Å². The van der Waals surface area contributed by atoms with Crippen LogP contribution in [-0.2, 0) is 28.9 Å². The predicted octanol–water partition coefficient (Wildman–Crippen LogP) is 5.32. The number of hydrogen-bond donors (Lipinski definition) is 1. The van der Waals surface area contributed by atoms with Crippen molar-refractivity contribution in [2.24, 2.45) is 5.41 Å². The molecule has 40 heavy (non-hydrogen) atoms. The van der Waals surface area contributed by atoms with Crippen LogP contribution in [0.25, 0.3) is 5.57 Å². The summed E-state index contributed by atoms with van der Waals surface area (Å²) in [6.07, 6.45) is 3.99. The minimum atomic E-state index is -4.34. The Morgan fingerprint density at radius 3 is 2.42 bits per heavy atom. The van der Waals surface area contributed by atoms with Crippen molar-refractivity contribution >= 4 is 23.3 Å². The normalized spacial score (nSPS) is 23.3. The van der Waals surface area contributed by atoms with E-state index in [4.69, 9.17) is 0 Å². The molecule has 2 fully saturated rings. The molecule has 3 amide bonds. The van der Waals surface area contributed by atoms with Gasteiger partial charge >= 0.3 is 6.18 Å². The third-order valence-electron chi connectivity index (χ3n) is 8.98. The van der Waals surface area contributed by atoms with Crippen molar-refractivity contribution in [1.29, 1.82) is 0 Å². The first-order valence-electron chi connectivity index (χ1n) is 14.0. The molecule has 1 atom stereocenters. The fourth-order valence-electron chi connectivity index (χ4n) is 7.01. The zero-order valence-corrected chi connectivity index (χ0v) is 22.2. The van der Waals surface area contributed by atoms with Crippen LogP contribution in [0.5, 0.6) is 0 Å². The minimum absolute atomic E-state index is 0.0530. The third kappa shape index (κ3) is 4.96. The SMILES string of the molecule is O=C1CCC(N2Cc3cc(C4=CCN(Cc5ccc(C(F)(F)F)cc5)CC45CCCCC5)ccc3C2=O)C(=O)N1. The van der Waals surface area contributed by atoms with Crippen LogP contribution >= 0.6 is 0 Å². The van der Waals surface area contributed by atoms with E-state index >= 15 is 0 Å². The number of nitrogens with zero attached hydrogens (tertiary/aromatic N) is 2. The molecule has 0 radical (unpaired) electrons. The zero-order chi connectivity index (χ0) is 28.1. The predicted molar refractivity (Wildman–Crippen MR) is 143 cm³/mol. The monoisotopic (exact) mass is 551 g/mol. The molecule has 1 N–H and O–H groups in total. The van der Waals surface area contributed by atoms with Gasteiger partial charge in [-0.1, -0.05) is 43.5 Å². The molecule has 210 valence electrons. The summed E-state index contributed by atoms with van der Waals surface area (Å²) in [5, 5.41) is 2.35. The number of rotatable bonds is 4. The quantitative estimate of drug-likeness (QED) is 0.523. The highest BCUT2D eigenvalue weighted by molar-refractivity contribution is 6.05. The number of carbonyl (C=O) groups excluding carboxylic acids is 3. The molecule has 4 aliphatic rings. The van der Waals surface area contributed by atoms with Gasteiger partial charge in [0, 0.05) is 43.6 Å². The van der Waals surface area contributed by atoms with Crippen LogP contribution in [0.15, 0.2) is 48.5 Å². The number of fused-ring (bicyclic) bond motifs is 1. The zero-order valence-electron chi connectivity index (χ0n) is 22.2. The summed E-state index contributed by atoms with van der Waals surface area (Å²) >= 11 is 0. The lowest BCUT2D eigenvalue weighted by Crippen LogP contribution is -2.52. The third-order valence-corrected chi connectivity index (χ3v) is 8.98. The van der Waals surface area contributed by atoms with Crippen molar-refractivity contribution < 1.29 is 27.6 Å². The number of piperidine rings is 1. The summed E-state index contributed by atoms with van der Waals surface area (Å²) in [6, 6.07) is 10.8. The van der Waals surface area contributed by atoms with E-state index in [0.717, 1.165) is 61.1 Å². The molecule has 2 aromatic carbocycles. The topological polar surface area (TPSA) is 69.7 Å². The molecule has 1 saturated carbocycles. The lowest BCUT2D eigenvalue weighted by Gasteiger charge is -2.46. The first-order chi connectivity index (χ1) is 19.1. The highest BCUT2D eigenvalue weighted by Crippen LogP contribution is 2.50. The number of alkyl halides is 3. The Bertz CT molecular complexity index is 1380. The van der Waals surface area contributed by atoms with Crippen LogP contribution in [0.3, 0.4) is 0 Å². The van der Waals surface area contributed by atoms with Gasteiger partial charge in [0.15, 0.2) is 0 Å². The van der Waals surface area contributed by atoms with Gasteiger partial charge in [-0.05, 0) is 65.8 Å². The molecule has 3 heterocycles. The maximum atomic E-state index is 13.2. The van der Waals surface area contributed by atoms with Crippen LogP contribution in [0, 0.1) is 5.41 Å². The fourth-order valence-corrected chi connectivity index (χ4v) is 7.01.